The van der Waals surface area contributed by atoms with Crippen molar-refractivity contribution in [3.63, 3.8) is 0 Å². The first-order valence-electron chi connectivity index (χ1n) is 6.16. The highest BCUT2D eigenvalue weighted by Gasteiger charge is 2.61. The van der Waals surface area contributed by atoms with Gasteiger partial charge in [0, 0.05) is 10.1 Å². The zero-order valence-corrected chi connectivity index (χ0v) is 12.8. The van der Waals surface area contributed by atoms with Crippen LogP contribution in [0, 0.1) is 0 Å². The minimum absolute atomic E-state index is 0.112. The van der Waals surface area contributed by atoms with Crippen LogP contribution >= 0.6 is 0 Å². The van der Waals surface area contributed by atoms with E-state index in [0.717, 1.165) is 0 Å². The van der Waals surface area contributed by atoms with Gasteiger partial charge in [0.1, 0.15) is 6.10 Å². The van der Waals surface area contributed by atoms with Crippen molar-refractivity contribution in [2.45, 2.75) is 63.8 Å². The van der Waals surface area contributed by atoms with Crippen LogP contribution in [0.2, 0.25) is 10.1 Å². The van der Waals surface area contributed by atoms with Crippen molar-refractivity contribution in [3.05, 3.63) is 0 Å². The van der Waals surface area contributed by atoms with Gasteiger partial charge in [-0.15, -0.1) is 0 Å². The van der Waals surface area contributed by atoms with E-state index in [1.165, 1.54) is 0 Å². The lowest BCUT2D eigenvalue weighted by Gasteiger charge is -2.53. The Morgan fingerprint density at radius 3 is 1.94 bits per heavy atom. The largest absolute Gasteiger partial charge is 0.394 e. The second-order valence-corrected chi connectivity index (χ2v) is 11.6. The van der Waals surface area contributed by atoms with E-state index in [0.29, 0.717) is 0 Å². The average Bonchev–Trinajstić information content (AvgIpc) is 2.14. The van der Waals surface area contributed by atoms with Gasteiger partial charge >= 0.3 is 8.56 Å². The van der Waals surface area contributed by atoms with Crippen molar-refractivity contribution in [1.82, 2.24) is 0 Å². The van der Waals surface area contributed by atoms with Gasteiger partial charge in [0.05, 0.1) is 19.3 Å². The fraction of sp³-hybridized carbons (Fsp3) is 1.00. The molecule has 4 nitrogen and oxygen atoms in total. The van der Waals surface area contributed by atoms with Crippen molar-refractivity contribution < 1.29 is 19.1 Å². The molecule has 1 heterocycles. The fourth-order valence-corrected chi connectivity index (χ4v) is 7.66. The Bertz CT molecular complexity index is 253. The maximum Gasteiger partial charge on any atom is 0.349 e. The molecule has 1 rings (SSSR count). The summed E-state index contributed by atoms with van der Waals surface area (Å²) in [5.74, 6) is 0. The van der Waals surface area contributed by atoms with Gasteiger partial charge in [0.25, 0.3) is 0 Å². The Labute approximate surface area is 105 Å². The molecule has 0 radical (unpaired) electrons. The quantitative estimate of drug-likeness (QED) is 0.708. The van der Waals surface area contributed by atoms with Crippen molar-refractivity contribution in [2.24, 2.45) is 0 Å². The number of hydrogen-bond donors (Lipinski definition) is 2. The normalized spacial score (nSPS) is 30.4. The topological polar surface area (TPSA) is 58.9 Å². The van der Waals surface area contributed by atoms with Crippen LogP contribution in [0.3, 0.4) is 0 Å². The summed E-state index contributed by atoms with van der Waals surface area (Å²) in [7, 11) is -2.53. The molecule has 1 fully saturated rings. The Balaban J connectivity index is 3.10. The van der Waals surface area contributed by atoms with E-state index in [9.17, 15) is 10.2 Å². The molecule has 0 aliphatic carbocycles. The van der Waals surface area contributed by atoms with E-state index in [1.807, 2.05) is 0 Å². The van der Waals surface area contributed by atoms with Crippen LogP contribution in [-0.4, -0.2) is 44.2 Å². The highest BCUT2D eigenvalue weighted by molar-refractivity contribution is 6.73. The van der Waals surface area contributed by atoms with Gasteiger partial charge in [-0.3, -0.25) is 0 Å². The molecule has 2 atom stereocenters. The highest BCUT2D eigenvalue weighted by atomic mass is 28.4. The summed E-state index contributed by atoms with van der Waals surface area (Å²) in [6.45, 7) is 12.7. The number of rotatable bonds is 1. The third-order valence-corrected chi connectivity index (χ3v) is 8.52. The zero-order valence-electron chi connectivity index (χ0n) is 11.8. The first-order chi connectivity index (χ1) is 7.55. The molecule has 0 amide bonds. The standard InChI is InChI=1S/C12H26O4Si/c1-11(2,3)17(12(4,5)6)15-8-9(14)10(7-13)16-17/h9-10,13-14H,7-8H2,1-6H3/t9-,10+/m0/s1. The van der Waals surface area contributed by atoms with Gasteiger partial charge in [-0.05, 0) is 0 Å². The molecule has 0 aromatic carbocycles. The molecule has 0 aromatic heterocycles. The van der Waals surface area contributed by atoms with E-state index < -0.39 is 20.8 Å². The van der Waals surface area contributed by atoms with E-state index >= 15 is 0 Å². The lowest BCUT2D eigenvalue weighted by Crippen LogP contribution is -2.65. The molecule has 0 aromatic rings. The van der Waals surface area contributed by atoms with Gasteiger partial charge in [-0.2, -0.15) is 0 Å². The minimum atomic E-state index is -2.53. The van der Waals surface area contributed by atoms with Crippen molar-refractivity contribution in [1.29, 1.82) is 0 Å². The van der Waals surface area contributed by atoms with Crippen LogP contribution in [-0.2, 0) is 8.85 Å². The molecule has 0 bridgehead atoms. The average molecular weight is 262 g/mol. The van der Waals surface area contributed by atoms with E-state index in [2.05, 4.69) is 41.5 Å². The summed E-state index contributed by atoms with van der Waals surface area (Å²) in [4.78, 5) is 0. The summed E-state index contributed by atoms with van der Waals surface area (Å²) in [6.07, 6.45) is -1.25. The van der Waals surface area contributed by atoms with Crippen molar-refractivity contribution in [2.75, 3.05) is 13.2 Å². The third kappa shape index (κ3) is 2.58. The summed E-state index contributed by atoms with van der Waals surface area (Å²) in [6, 6.07) is 0. The fourth-order valence-electron chi connectivity index (χ4n) is 2.71. The van der Waals surface area contributed by atoms with Gasteiger partial charge in [-0.25, -0.2) is 0 Å². The molecule has 1 aliphatic heterocycles. The molecule has 17 heavy (non-hydrogen) atoms. The SMILES string of the molecule is CC(C)(C)[Si]1(C(C)(C)C)OC[C@H](O)[C@@H](CO)O1. The molecule has 5 heteroatoms. The van der Waals surface area contributed by atoms with Crippen LogP contribution in [0.25, 0.3) is 0 Å². The Morgan fingerprint density at radius 2 is 1.59 bits per heavy atom. The predicted octanol–water partition coefficient (Wildman–Crippen LogP) is 1.80. The van der Waals surface area contributed by atoms with E-state index in [1.54, 1.807) is 0 Å². The van der Waals surface area contributed by atoms with Crippen LogP contribution in [0.15, 0.2) is 0 Å². The lowest BCUT2D eigenvalue weighted by molar-refractivity contribution is -0.0915. The minimum Gasteiger partial charge on any atom is -0.394 e. The number of aliphatic hydroxyl groups is 2. The van der Waals surface area contributed by atoms with Gasteiger partial charge in [0.15, 0.2) is 0 Å². The van der Waals surface area contributed by atoms with Crippen LogP contribution in [0.4, 0.5) is 0 Å². The lowest BCUT2D eigenvalue weighted by atomic mass is 10.2. The molecular weight excluding hydrogens is 236 g/mol. The molecule has 0 unspecified atom stereocenters. The highest BCUT2D eigenvalue weighted by Crippen LogP contribution is 2.53. The van der Waals surface area contributed by atoms with Crippen LogP contribution in [0.5, 0.6) is 0 Å². The third-order valence-electron chi connectivity index (χ3n) is 3.36. The molecule has 2 N–H and O–H groups in total. The Kier molecular flexibility index (Phi) is 4.11. The molecule has 1 saturated heterocycles. The van der Waals surface area contributed by atoms with Gasteiger partial charge in [-0.1, -0.05) is 41.5 Å². The van der Waals surface area contributed by atoms with Crippen LogP contribution in [0.1, 0.15) is 41.5 Å². The summed E-state index contributed by atoms with van der Waals surface area (Å²) >= 11 is 0. The number of hydrogen-bond acceptors (Lipinski definition) is 4. The monoisotopic (exact) mass is 262 g/mol. The maximum absolute atomic E-state index is 9.74. The zero-order chi connectivity index (χ0) is 13.5. The van der Waals surface area contributed by atoms with Crippen molar-refractivity contribution >= 4 is 8.56 Å². The Morgan fingerprint density at radius 1 is 1.12 bits per heavy atom. The predicted molar refractivity (Wildman–Crippen MR) is 69.1 cm³/mol. The second-order valence-electron chi connectivity index (χ2n) is 6.83. The van der Waals surface area contributed by atoms with E-state index in [4.69, 9.17) is 8.85 Å². The maximum atomic E-state index is 9.74. The van der Waals surface area contributed by atoms with Crippen molar-refractivity contribution in [3.8, 4) is 0 Å². The smallest absolute Gasteiger partial charge is 0.349 e. The Hall–Kier alpha value is 0.0569. The van der Waals surface area contributed by atoms with Gasteiger partial charge in [0.2, 0.25) is 0 Å². The van der Waals surface area contributed by atoms with Crippen LogP contribution < -0.4 is 0 Å². The molecule has 102 valence electrons. The molecule has 0 spiro atoms. The second kappa shape index (κ2) is 4.62. The van der Waals surface area contributed by atoms with Gasteiger partial charge < -0.3 is 19.1 Å². The summed E-state index contributed by atoms with van der Waals surface area (Å²) < 4.78 is 12.1. The summed E-state index contributed by atoms with van der Waals surface area (Å²) in [5.41, 5.74) is 0. The first-order valence-corrected chi connectivity index (χ1v) is 7.97. The molecule has 1 aliphatic rings. The molecule has 0 saturated carbocycles. The first kappa shape index (κ1) is 15.1. The molecular formula is C12H26O4Si. The number of aliphatic hydroxyl groups excluding tert-OH is 2. The summed E-state index contributed by atoms with van der Waals surface area (Å²) in [5, 5.41) is 18.8. The van der Waals surface area contributed by atoms with E-state index in [-0.39, 0.29) is 23.3 Å².